The van der Waals surface area contributed by atoms with Gasteiger partial charge in [0.05, 0.1) is 35.8 Å². The fourth-order valence-electron chi connectivity index (χ4n) is 3.64. The lowest BCUT2D eigenvalue weighted by Crippen LogP contribution is -2.32. The summed E-state index contributed by atoms with van der Waals surface area (Å²) in [4.78, 5) is 30.7. The number of nitrogens with one attached hydrogen (secondary N) is 2. The monoisotopic (exact) mass is 481 g/mol. The number of aliphatic hydroxyl groups excluding tert-OH is 2. The SMILES string of the molecule is O=C(NOCC1CCC1)c1c(Nc2ccc(Br)cc2F)cc(=O)n2c1[C@H](O)[C@H](O)C2. The van der Waals surface area contributed by atoms with Crippen LogP contribution in [0.1, 0.15) is 41.4 Å². The molecule has 1 aromatic heterocycles. The number of anilines is 2. The van der Waals surface area contributed by atoms with Crippen molar-refractivity contribution in [3.8, 4) is 0 Å². The molecule has 1 aliphatic heterocycles. The zero-order chi connectivity index (χ0) is 21.4. The maximum Gasteiger partial charge on any atom is 0.278 e. The van der Waals surface area contributed by atoms with E-state index in [0.717, 1.165) is 29.9 Å². The number of nitrogens with zero attached hydrogens (tertiary/aromatic N) is 1. The Morgan fingerprint density at radius 3 is 2.70 bits per heavy atom. The molecule has 0 radical (unpaired) electrons. The van der Waals surface area contributed by atoms with Crippen LogP contribution in [0, 0.1) is 11.7 Å². The number of carbonyl (C=O) groups is 1. The summed E-state index contributed by atoms with van der Waals surface area (Å²) in [5.74, 6) is -0.916. The first-order valence-corrected chi connectivity index (χ1v) is 10.4. The molecule has 1 amide bonds. The third-order valence-corrected chi connectivity index (χ3v) is 5.99. The summed E-state index contributed by atoms with van der Waals surface area (Å²) in [5.41, 5.74) is 1.73. The average molecular weight is 482 g/mol. The van der Waals surface area contributed by atoms with Gasteiger partial charge in [-0.25, -0.2) is 9.87 Å². The minimum atomic E-state index is -1.44. The number of pyridine rings is 1. The van der Waals surface area contributed by atoms with Gasteiger partial charge in [-0.1, -0.05) is 22.4 Å². The average Bonchev–Trinajstić information content (AvgIpc) is 2.95. The summed E-state index contributed by atoms with van der Waals surface area (Å²) in [6, 6.07) is 5.43. The smallest absolute Gasteiger partial charge is 0.278 e. The van der Waals surface area contributed by atoms with Gasteiger partial charge in [0.2, 0.25) is 0 Å². The maximum atomic E-state index is 14.3. The normalized spacial score (nSPS) is 20.5. The van der Waals surface area contributed by atoms with E-state index >= 15 is 0 Å². The summed E-state index contributed by atoms with van der Waals surface area (Å²) in [6.45, 7) is 0.210. The molecule has 160 valence electrons. The number of amides is 1. The predicted octanol–water partition coefficient (Wildman–Crippen LogP) is 2.36. The van der Waals surface area contributed by atoms with E-state index in [9.17, 15) is 24.2 Å². The molecule has 1 aliphatic carbocycles. The molecule has 30 heavy (non-hydrogen) atoms. The van der Waals surface area contributed by atoms with Crippen LogP contribution in [0.4, 0.5) is 15.8 Å². The van der Waals surface area contributed by atoms with Gasteiger partial charge in [-0.3, -0.25) is 14.4 Å². The lowest BCUT2D eigenvalue weighted by molar-refractivity contribution is 0.00252. The van der Waals surface area contributed by atoms with Crippen molar-refractivity contribution in [2.24, 2.45) is 5.92 Å². The van der Waals surface area contributed by atoms with Crippen LogP contribution in [0.15, 0.2) is 33.5 Å². The highest BCUT2D eigenvalue weighted by Crippen LogP contribution is 2.33. The molecule has 2 aliphatic rings. The first-order chi connectivity index (χ1) is 14.3. The van der Waals surface area contributed by atoms with E-state index in [1.807, 2.05) is 0 Å². The molecule has 0 bridgehead atoms. The quantitative estimate of drug-likeness (QED) is 0.471. The van der Waals surface area contributed by atoms with Gasteiger partial charge < -0.3 is 20.1 Å². The van der Waals surface area contributed by atoms with Crippen LogP contribution in [0.5, 0.6) is 0 Å². The minimum Gasteiger partial charge on any atom is -0.388 e. The molecule has 1 fully saturated rings. The molecule has 4 rings (SSSR count). The molecule has 1 aromatic carbocycles. The lowest BCUT2D eigenvalue weighted by Gasteiger charge is -2.25. The van der Waals surface area contributed by atoms with Crippen LogP contribution < -0.4 is 16.4 Å². The van der Waals surface area contributed by atoms with Crippen LogP contribution in [-0.4, -0.2) is 33.4 Å². The van der Waals surface area contributed by atoms with Crippen molar-refractivity contribution in [1.82, 2.24) is 10.0 Å². The van der Waals surface area contributed by atoms with Crippen molar-refractivity contribution < 1.29 is 24.2 Å². The van der Waals surface area contributed by atoms with Gasteiger partial charge in [0.25, 0.3) is 11.5 Å². The van der Waals surface area contributed by atoms with Crippen LogP contribution in [0.25, 0.3) is 0 Å². The lowest BCUT2D eigenvalue weighted by atomic mass is 9.86. The molecule has 8 nitrogen and oxygen atoms in total. The van der Waals surface area contributed by atoms with E-state index in [0.29, 0.717) is 17.0 Å². The molecule has 0 unspecified atom stereocenters. The number of hydrogen-bond donors (Lipinski definition) is 4. The summed E-state index contributed by atoms with van der Waals surface area (Å²) in [6.07, 6.45) is 0.522. The first kappa shape index (κ1) is 21.0. The maximum absolute atomic E-state index is 14.3. The molecule has 2 aromatic rings. The van der Waals surface area contributed by atoms with Crippen molar-refractivity contribution in [2.75, 3.05) is 11.9 Å². The molecule has 2 atom stereocenters. The minimum absolute atomic E-state index is 0.00497. The first-order valence-electron chi connectivity index (χ1n) is 9.63. The Balaban J connectivity index is 1.70. The summed E-state index contributed by atoms with van der Waals surface area (Å²) in [5, 5.41) is 23.2. The van der Waals surface area contributed by atoms with Crippen molar-refractivity contribution in [3.05, 3.63) is 56.2 Å². The number of rotatable bonds is 6. The van der Waals surface area contributed by atoms with Crippen molar-refractivity contribution in [2.45, 2.75) is 38.0 Å². The Hall–Kier alpha value is -2.27. The van der Waals surface area contributed by atoms with Crippen molar-refractivity contribution in [3.63, 3.8) is 0 Å². The topological polar surface area (TPSA) is 113 Å². The molecule has 0 saturated heterocycles. The van der Waals surface area contributed by atoms with Crippen LogP contribution in [0.2, 0.25) is 0 Å². The van der Waals surface area contributed by atoms with Gasteiger partial charge in [-0.15, -0.1) is 0 Å². The van der Waals surface area contributed by atoms with E-state index in [1.54, 1.807) is 6.07 Å². The number of hydroxylamine groups is 1. The second-order valence-electron chi connectivity index (χ2n) is 7.57. The number of hydrogen-bond acceptors (Lipinski definition) is 6. The fraction of sp³-hybridized carbons (Fsp3) is 0.400. The third kappa shape index (κ3) is 4.00. The standard InChI is InChI=1S/C20H21BrFN3O5/c21-11-4-5-13(12(22)6-11)23-14-7-16(27)25-8-15(26)19(28)18(25)17(14)20(29)24-30-9-10-2-1-3-10/h4-7,10,15,19,23,26,28H,1-3,8-9H2,(H,24,29)/t15-,19-/m1/s1. The Morgan fingerprint density at radius 1 is 1.27 bits per heavy atom. The predicted molar refractivity (Wildman–Crippen MR) is 110 cm³/mol. The number of halogens is 2. The molecule has 10 heteroatoms. The van der Waals surface area contributed by atoms with Crippen LogP contribution in [0.3, 0.4) is 0 Å². The number of benzene rings is 1. The highest BCUT2D eigenvalue weighted by Gasteiger charge is 2.36. The van der Waals surface area contributed by atoms with E-state index in [-0.39, 0.29) is 29.2 Å². The second-order valence-corrected chi connectivity index (χ2v) is 8.48. The summed E-state index contributed by atoms with van der Waals surface area (Å²) in [7, 11) is 0. The van der Waals surface area contributed by atoms with Gasteiger partial charge in [-0.2, -0.15) is 0 Å². The Bertz CT molecular complexity index is 1040. The van der Waals surface area contributed by atoms with Crippen LogP contribution in [-0.2, 0) is 11.4 Å². The largest absolute Gasteiger partial charge is 0.388 e. The molecule has 4 N–H and O–H groups in total. The van der Waals surface area contributed by atoms with E-state index in [4.69, 9.17) is 4.84 Å². The molecule has 2 heterocycles. The van der Waals surface area contributed by atoms with Crippen LogP contribution >= 0.6 is 15.9 Å². The summed E-state index contributed by atoms with van der Waals surface area (Å²) >= 11 is 3.17. The number of carbonyl (C=O) groups excluding carboxylic acids is 1. The fourth-order valence-corrected chi connectivity index (χ4v) is 3.97. The Labute approximate surface area is 179 Å². The van der Waals surface area contributed by atoms with Gasteiger partial charge in [0, 0.05) is 10.5 Å². The van der Waals surface area contributed by atoms with E-state index in [2.05, 4.69) is 26.7 Å². The number of aliphatic hydroxyl groups is 2. The molecule has 1 saturated carbocycles. The molecular weight excluding hydrogens is 461 g/mol. The molecule has 0 spiro atoms. The van der Waals surface area contributed by atoms with E-state index in [1.165, 1.54) is 12.1 Å². The van der Waals surface area contributed by atoms with Gasteiger partial charge in [-0.05, 0) is 37.0 Å². The zero-order valence-corrected chi connectivity index (χ0v) is 17.5. The zero-order valence-electron chi connectivity index (χ0n) is 15.9. The second kappa shape index (κ2) is 8.46. The van der Waals surface area contributed by atoms with Gasteiger partial charge >= 0.3 is 0 Å². The highest BCUT2D eigenvalue weighted by molar-refractivity contribution is 9.10. The number of aromatic nitrogens is 1. The highest BCUT2D eigenvalue weighted by atomic mass is 79.9. The Morgan fingerprint density at radius 2 is 2.03 bits per heavy atom. The van der Waals surface area contributed by atoms with Crippen molar-refractivity contribution in [1.29, 1.82) is 0 Å². The molecular formula is C20H21BrFN3O5. The van der Waals surface area contributed by atoms with Gasteiger partial charge in [0.15, 0.2) is 0 Å². The van der Waals surface area contributed by atoms with E-state index < -0.39 is 29.5 Å². The third-order valence-electron chi connectivity index (χ3n) is 5.50. The number of fused-ring (bicyclic) bond motifs is 1. The van der Waals surface area contributed by atoms with Crippen molar-refractivity contribution >= 4 is 33.2 Å². The Kier molecular flexibility index (Phi) is 5.92. The summed E-state index contributed by atoms with van der Waals surface area (Å²) < 4.78 is 16.0. The van der Waals surface area contributed by atoms with Gasteiger partial charge in [0.1, 0.15) is 18.0 Å².